The minimum Gasteiger partial charge on any atom is -0.508 e. The van der Waals surface area contributed by atoms with E-state index in [1.807, 2.05) is 32.9 Å². The molecule has 0 spiro atoms. The number of nitrogens with zero attached hydrogens (tertiary/aromatic N) is 1. The molecule has 1 fully saturated rings. The number of anilines is 1. The highest BCUT2D eigenvalue weighted by molar-refractivity contribution is 6.51. The number of phenols is 1. The summed E-state index contributed by atoms with van der Waals surface area (Å²) in [6, 6.07) is 17.7. The van der Waals surface area contributed by atoms with Crippen LogP contribution in [0.5, 0.6) is 11.5 Å². The van der Waals surface area contributed by atoms with Crippen molar-refractivity contribution in [3.8, 4) is 11.5 Å². The van der Waals surface area contributed by atoms with Gasteiger partial charge in [-0.25, -0.2) is 0 Å². The van der Waals surface area contributed by atoms with Gasteiger partial charge < -0.3 is 14.9 Å². The number of phenolic OH excluding ortho intramolecular Hbond substituents is 1. The summed E-state index contributed by atoms with van der Waals surface area (Å²) in [5.74, 6) is -1.29. The molecule has 1 aliphatic rings. The van der Waals surface area contributed by atoms with Crippen LogP contribution in [-0.2, 0) is 9.59 Å². The number of aliphatic hydroxyl groups excluding tert-OH is 1. The Kier molecular flexibility index (Phi) is 5.92. The van der Waals surface area contributed by atoms with Crippen molar-refractivity contribution in [3.05, 3.63) is 94.6 Å². The van der Waals surface area contributed by atoms with Crippen LogP contribution in [0.25, 0.3) is 5.76 Å². The quantitative estimate of drug-likeness (QED) is 0.328. The predicted molar refractivity (Wildman–Crippen MR) is 126 cm³/mol. The van der Waals surface area contributed by atoms with Gasteiger partial charge in [0.1, 0.15) is 17.3 Å². The van der Waals surface area contributed by atoms with Crippen LogP contribution in [0, 0.1) is 13.8 Å². The third-order valence-corrected chi connectivity index (χ3v) is 5.82. The van der Waals surface area contributed by atoms with Crippen LogP contribution in [0.4, 0.5) is 5.69 Å². The molecule has 1 heterocycles. The van der Waals surface area contributed by atoms with Crippen LogP contribution in [0.1, 0.15) is 35.2 Å². The Balaban J connectivity index is 1.94. The summed E-state index contributed by atoms with van der Waals surface area (Å²) in [4.78, 5) is 27.8. The fourth-order valence-electron chi connectivity index (χ4n) is 4.04. The summed E-state index contributed by atoms with van der Waals surface area (Å²) in [6.07, 6.45) is 0. The minimum atomic E-state index is -0.907. The Bertz CT molecular complexity index is 1280. The highest BCUT2D eigenvalue weighted by Gasteiger charge is 2.47. The molecular weight excluding hydrogens is 418 g/mol. The molecule has 1 unspecified atom stereocenters. The maximum absolute atomic E-state index is 13.2. The van der Waals surface area contributed by atoms with Crippen molar-refractivity contribution in [1.29, 1.82) is 0 Å². The Labute approximate surface area is 192 Å². The summed E-state index contributed by atoms with van der Waals surface area (Å²) in [7, 11) is 0. The second kappa shape index (κ2) is 8.82. The number of ketones is 1. The molecule has 4 rings (SSSR count). The average molecular weight is 443 g/mol. The molecule has 1 atom stereocenters. The molecule has 0 aromatic heterocycles. The fraction of sp³-hybridized carbons (Fsp3) is 0.185. The molecule has 0 saturated carbocycles. The zero-order valence-corrected chi connectivity index (χ0v) is 18.7. The first kappa shape index (κ1) is 22.1. The van der Waals surface area contributed by atoms with E-state index in [2.05, 4.69) is 0 Å². The van der Waals surface area contributed by atoms with Crippen molar-refractivity contribution in [2.45, 2.75) is 26.8 Å². The summed E-state index contributed by atoms with van der Waals surface area (Å²) >= 11 is 0. The molecule has 0 bridgehead atoms. The van der Waals surface area contributed by atoms with E-state index in [9.17, 15) is 19.8 Å². The minimum absolute atomic E-state index is 0.00322. The van der Waals surface area contributed by atoms with Crippen LogP contribution in [-0.4, -0.2) is 28.5 Å². The highest BCUT2D eigenvalue weighted by Crippen LogP contribution is 2.43. The zero-order chi connectivity index (χ0) is 23.7. The molecule has 168 valence electrons. The van der Waals surface area contributed by atoms with Crippen molar-refractivity contribution < 1.29 is 24.5 Å². The van der Waals surface area contributed by atoms with Gasteiger partial charge in [-0.1, -0.05) is 30.3 Å². The highest BCUT2D eigenvalue weighted by atomic mass is 16.5. The van der Waals surface area contributed by atoms with Crippen molar-refractivity contribution in [3.63, 3.8) is 0 Å². The van der Waals surface area contributed by atoms with Crippen LogP contribution in [0.3, 0.4) is 0 Å². The molecular formula is C27H25NO5. The first-order chi connectivity index (χ1) is 15.8. The normalized spacial score (nSPS) is 17.4. The van der Waals surface area contributed by atoms with Crippen molar-refractivity contribution >= 4 is 23.1 Å². The molecule has 1 saturated heterocycles. The average Bonchev–Trinajstić information content (AvgIpc) is 3.06. The van der Waals surface area contributed by atoms with Gasteiger partial charge >= 0.3 is 0 Å². The van der Waals surface area contributed by atoms with Crippen molar-refractivity contribution in [2.24, 2.45) is 0 Å². The van der Waals surface area contributed by atoms with Gasteiger partial charge in [0.25, 0.3) is 11.7 Å². The fourth-order valence-corrected chi connectivity index (χ4v) is 4.04. The summed E-state index contributed by atoms with van der Waals surface area (Å²) in [5, 5.41) is 21.3. The lowest BCUT2D eigenvalue weighted by Crippen LogP contribution is -2.29. The number of ether oxygens (including phenoxy) is 1. The molecule has 3 aromatic carbocycles. The van der Waals surface area contributed by atoms with E-state index in [4.69, 9.17) is 4.74 Å². The second-order valence-corrected chi connectivity index (χ2v) is 7.99. The summed E-state index contributed by atoms with van der Waals surface area (Å²) in [5.41, 5.74) is 3.39. The predicted octanol–water partition coefficient (Wildman–Crippen LogP) is 5.03. The number of aliphatic hydroxyl groups is 1. The van der Waals surface area contributed by atoms with Crippen LogP contribution in [0.2, 0.25) is 0 Å². The van der Waals surface area contributed by atoms with Gasteiger partial charge in [0, 0.05) is 11.3 Å². The second-order valence-electron chi connectivity index (χ2n) is 7.99. The SMILES string of the molecule is CCOc1cccc(/C(O)=C2\C(=O)C(=O)N(c3ccc(C)c(C)c3)C2c2cccc(O)c2)c1. The van der Waals surface area contributed by atoms with Gasteiger partial charge in [-0.3, -0.25) is 14.5 Å². The number of Topliss-reactive ketones (excluding diaryl/α,β-unsaturated/α-hetero) is 1. The number of aromatic hydroxyl groups is 1. The number of hydrogen-bond donors (Lipinski definition) is 2. The number of carbonyl (C=O) groups is 2. The lowest BCUT2D eigenvalue weighted by molar-refractivity contribution is -0.132. The van der Waals surface area contributed by atoms with E-state index >= 15 is 0 Å². The maximum atomic E-state index is 13.2. The Hall–Kier alpha value is -4.06. The molecule has 2 N–H and O–H groups in total. The Morgan fingerprint density at radius 3 is 2.42 bits per heavy atom. The number of hydrogen-bond acceptors (Lipinski definition) is 5. The van der Waals surface area contributed by atoms with Gasteiger partial charge in [-0.05, 0) is 73.9 Å². The van der Waals surface area contributed by atoms with Gasteiger partial charge in [0.05, 0.1) is 18.2 Å². The molecule has 33 heavy (non-hydrogen) atoms. The van der Waals surface area contributed by atoms with E-state index < -0.39 is 17.7 Å². The first-order valence-electron chi connectivity index (χ1n) is 10.7. The van der Waals surface area contributed by atoms with E-state index in [1.165, 1.54) is 17.0 Å². The maximum Gasteiger partial charge on any atom is 0.300 e. The number of aryl methyl sites for hydroxylation is 2. The molecule has 6 heteroatoms. The van der Waals surface area contributed by atoms with E-state index in [0.717, 1.165) is 11.1 Å². The largest absolute Gasteiger partial charge is 0.508 e. The number of rotatable bonds is 5. The molecule has 3 aromatic rings. The lowest BCUT2D eigenvalue weighted by atomic mass is 9.94. The van der Waals surface area contributed by atoms with Crippen LogP contribution < -0.4 is 9.64 Å². The number of benzene rings is 3. The van der Waals surface area contributed by atoms with E-state index in [0.29, 0.717) is 29.2 Å². The van der Waals surface area contributed by atoms with Gasteiger partial charge in [-0.15, -0.1) is 0 Å². The third kappa shape index (κ3) is 4.07. The summed E-state index contributed by atoms with van der Waals surface area (Å²) in [6.45, 7) is 6.19. The summed E-state index contributed by atoms with van der Waals surface area (Å²) < 4.78 is 5.52. The first-order valence-corrected chi connectivity index (χ1v) is 10.7. The Morgan fingerprint density at radius 1 is 0.970 bits per heavy atom. The van der Waals surface area contributed by atoms with E-state index in [-0.39, 0.29) is 17.1 Å². The smallest absolute Gasteiger partial charge is 0.300 e. The van der Waals surface area contributed by atoms with Crippen molar-refractivity contribution in [1.82, 2.24) is 0 Å². The number of amides is 1. The van der Waals surface area contributed by atoms with Gasteiger partial charge in [-0.2, -0.15) is 0 Å². The van der Waals surface area contributed by atoms with Gasteiger partial charge in [0.2, 0.25) is 0 Å². The van der Waals surface area contributed by atoms with Crippen molar-refractivity contribution in [2.75, 3.05) is 11.5 Å². The van der Waals surface area contributed by atoms with Crippen LogP contribution >= 0.6 is 0 Å². The molecule has 0 aliphatic carbocycles. The molecule has 6 nitrogen and oxygen atoms in total. The third-order valence-electron chi connectivity index (χ3n) is 5.82. The standard InChI is InChI=1S/C27H25NO5/c1-4-33-22-10-6-8-19(15-22)25(30)23-24(18-7-5-9-21(29)14-18)28(27(32)26(23)31)20-12-11-16(2)17(3)13-20/h5-15,24,29-30H,4H2,1-3H3/b25-23+. The lowest BCUT2D eigenvalue weighted by Gasteiger charge is -2.26. The molecule has 0 radical (unpaired) electrons. The Morgan fingerprint density at radius 2 is 1.73 bits per heavy atom. The van der Waals surface area contributed by atoms with Gasteiger partial charge in [0.15, 0.2) is 0 Å². The topological polar surface area (TPSA) is 87.1 Å². The molecule has 1 aliphatic heterocycles. The van der Waals surface area contributed by atoms with E-state index in [1.54, 1.807) is 42.5 Å². The zero-order valence-electron chi connectivity index (χ0n) is 18.7. The number of carbonyl (C=O) groups excluding carboxylic acids is 2. The molecule has 1 amide bonds. The monoisotopic (exact) mass is 443 g/mol. The van der Waals surface area contributed by atoms with Crippen LogP contribution in [0.15, 0.2) is 72.3 Å².